The molecule has 0 saturated heterocycles. The molecule has 0 aliphatic rings. The van der Waals surface area contributed by atoms with Gasteiger partial charge in [-0.15, -0.1) is 0 Å². The van der Waals surface area contributed by atoms with Gasteiger partial charge < -0.3 is 18.2 Å². The maximum Gasteiger partial charge on any atom is 0.307 e. The van der Waals surface area contributed by atoms with Crippen LogP contribution in [0.1, 0.15) is 16.0 Å². The Bertz CT molecular complexity index is 1390. The topological polar surface area (TPSA) is 149 Å². The van der Waals surface area contributed by atoms with Crippen LogP contribution in [0.5, 0.6) is 23.1 Å². The molecule has 0 atom stereocenters. The van der Waals surface area contributed by atoms with Gasteiger partial charge in [0.15, 0.2) is 0 Å². The van der Waals surface area contributed by atoms with Crippen molar-refractivity contribution in [2.24, 2.45) is 0 Å². The van der Waals surface area contributed by atoms with E-state index < -0.39 is 20.2 Å². The van der Waals surface area contributed by atoms with Gasteiger partial charge in [0, 0.05) is 18.9 Å². The number of benzene rings is 2. The van der Waals surface area contributed by atoms with Gasteiger partial charge in [0.2, 0.25) is 5.88 Å². The van der Waals surface area contributed by atoms with E-state index in [9.17, 15) is 26.7 Å². The minimum Gasteiger partial charge on any atom is -0.494 e. The fraction of sp³-hybridized carbons (Fsp3) is 0.250. The first-order valence-electron chi connectivity index (χ1n) is 9.42. The molecular weight excluding hydrogens is 494 g/mol. The Kier molecular flexibility index (Phi) is 7.34. The Balaban J connectivity index is 1.65. The summed E-state index contributed by atoms with van der Waals surface area (Å²) >= 11 is 0.945. The van der Waals surface area contributed by atoms with Crippen molar-refractivity contribution in [3.8, 4) is 23.1 Å². The van der Waals surface area contributed by atoms with Crippen molar-refractivity contribution in [1.29, 1.82) is 0 Å². The number of nitrogens with one attached hydrogen (secondary N) is 1. The molecule has 10 nitrogen and oxygen atoms in total. The highest BCUT2D eigenvalue weighted by atomic mass is 32.2. The quantitative estimate of drug-likeness (QED) is 0.387. The lowest BCUT2D eigenvalue weighted by Crippen LogP contribution is -2.11. The number of hydrogen-bond acceptors (Lipinski definition) is 10. The van der Waals surface area contributed by atoms with Crippen molar-refractivity contribution < 1.29 is 35.0 Å². The first-order valence-corrected chi connectivity index (χ1v) is 13.9. The fourth-order valence-corrected chi connectivity index (χ4v) is 4.54. The predicted octanol–water partition coefficient (Wildman–Crippen LogP) is 2.03. The van der Waals surface area contributed by atoms with E-state index in [-0.39, 0.29) is 35.3 Å². The van der Waals surface area contributed by atoms with Crippen LogP contribution in [-0.4, -0.2) is 46.0 Å². The molecule has 3 aromatic rings. The molecule has 0 fully saturated rings. The predicted molar refractivity (Wildman–Crippen MR) is 122 cm³/mol. The van der Waals surface area contributed by atoms with Gasteiger partial charge in [-0.05, 0) is 29.3 Å². The summed E-state index contributed by atoms with van der Waals surface area (Å²) in [5, 5.41) is 9.68. The lowest BCUT2D eigenvalue weighted by atomic mass is 10.1. The van der Waals surface area contributed by atoms with Crippen LogP contribution in [0, 0.1) is 0 Å². The summed E-state index contributed by atoms with van der Waals surface area (Å²) in [6.07, 6.45) is 2.42. The molecule has 0 aliphatic carbocycles. The Morgan fingerprint density at radius 2 is 1.58 bits per heavy atom. The largest absolute Gasteiger partial charge is 0.494 e. The Morgan fingerprint density at radius 3 is 2.15 bits per heavy atom. The van der Waals surface area contributed by atoms with Crippen LogP contribution in [0.3, 0.4) is 0 Å². The standard InChI is InChI=1S/C20H21NO9S3/c1-32(24,25)29-16-8-5-14(17(12-16)30-33(2,26)27)9-10-28-15-6-3-13(4-7-15)11-18-19(22)21-20(23)31-18/h3-8,12,22H,9-11H2,1-2H3,(H,21,23). The average molecular weight is 516 g/mol. The minimum atomic E-state index is -3.85. The lowest BCUT2D eigenvalue weighted by molar-refractivity contribution is 0.320. The molecule has 178 valence electrons. The Hall–Kier alpha value is -3.03. The van der Waals surface area contributed by atoms with Gasteiger partial charge in [0.05, 0.1) is 24.0 Å². The van der Waals surface area contributed by atoms with Crippen molar-refractivity contribution in [3.63, 3.8) is 0 Å². The van der Waals surface area contributed by atoms with Crippen LogP contribution in [0.2, 0.25) is 0 Å². The van der Waals surface area contributed by atoms with Crippen LogP contribution in [0.25, 0.3) is 0 Å². The zero-order valence-electron chi connectivity index (χ0n) is 17.6. The second kappa shape index (κ2) is 9.85. The highest BCUT2D eigenvalue weighted by molar-refractivity contribution is 7.86. The molecule has 0 spiro atoms. The molecule has 1 aromatic heterocycles. The molecule has 0 radical (unpaired) electrons. The average Bonchev–Trinajstić information content (AvgIpc) is 2.99. The Morgan fingerprint density at radius 1 is 0.939 bits per heavy atom. The SMILES string of the molecule is CS(=O)(=O)Oc1ccc(CCOc2ccc(Cc3sc(=O)[nH]c3O)cc2)c(OS(C)(=O)=O)c1. The molecule has 33 heavy (non-hydrogen) atoms. The third kappa shape index (κ3) is 7.80. The van der Waals surface area contributed by atoms with Crippen LogP contribution in [0.4, 0.5) is 0 Å². The van der Waals surface area contributed by atoms with E-state index in [1.165, 1.54) is 18.2 Å². The first kappa shape index (κ1) is 24.6. The van der Waals surface area contributed by atoms with Crippen LogP contribution in [-0.2, 0) is 33.1 Å². The van der Waals surface area contributed by atoms with Gasteiger partial charge in [0.25, 0.3) is 0 Å². The van der Waals surface area contributed by atoms with E-state index in [1.807, 2.05) is 0 Å². The maximum atomic E-state index is 11.6. The van der Waals surface area contributed by atoms with Crippen molar-refractivity contribution in [2.75, 3.05) is 19.1 Å². The number of aromatic nitrogens is 1. The monoisotopic (exact) mass is 515 g/mol. The number of aromatic hydroxyl groups is 1. The zero-order valence-corrected chi connectivity index (χ0v) is 20.1. The Labute approximate surface area is 194 Å². The van der Waals surface area contributed by atoms with Gasteiger partial charge in [-0.25, -0.2) is 0 Å². The highest BCUT2D eigenvalue weighted by Gasteiger charge is 2.14. The van der Waals surface area contributed by atoms with Crippen LogP contribution >= 0.6 is 11.3 Å². The minimum absolute atomic E-state index is 0.0529. The number of hydrogen-bond donors (Lipinski definition) is 2. The summed E-state index contributed by atoms with van der Waals surface area (Å²) in [6, 6.07) is 11.2. The van der Waals surface area contributed by atoms with Gasteiger partial charge in [-0.2, -0.15) is 16.8 Å². The van der Waals surface area contributed by atoms with E-state index in [2.05, 4.69) is 4.98 Å². The molecule has 2 aromatic carbocycles. The maximum absolute atomic E-state index is 11.6. The van der Waals surface area contributed by atoms with E-state index >= 15 is 0 Å². The number of rotatable bonds is 10. The fourth-order valence-electron chi connectivity index (χ4n) is 2.85. The summed E-state index contributed by atoms with van der Waals surface area (Å²) in [4.78, 5) is 13.8. The summed E-state index contributed by atoms with van der Waals surface area (Å²) in [5.41, 5.74) is 1.36. The molecule has 0 saturated carbocycles. The van der Waals surface area contributed by atoms with E-state index in [0.29, 0.717) is 22.6 Å². The molecular formula is C20H21NO9S3. The van der Waals surface area contributed by atoms with Crippen molar-refractivity contribution in [2.45, 2.75) is 12.8 Å². The summed E-state index contributed by atoms with van der Waals surface area (Å²) in [6.45, 7) is 0.186. The van der Waals surface area contributed by atoms with Crippen molar-refractivity contribution >= 4 is 31.6 Å². The second-order valence-electron chi connectivity index (χ2n) is 7.05. The molecule has 0 bridgehead atoms. The molecule has 0 aliphatic heterocycles. The van der Waals surface area contributed by atoms with E-state index in [1.54, 1.807) is 24.3 Å². The normalized spacial score (nSPS) is 11.8. The second-order valence-corrected chi connectivity index (χ2v) is 11.3. The van der Waals surface area contributed by atoms with Crippen molar-refractivity contribution in [1.82, 2.24) is 4.98 Å². The molecule has 1 heterocycles. The molecule has 2 N–H and O–H groups in total. The third-order valence-electron chi connectivity index (χ3n) is 4.16. The van der Waals surface area contributed by atoms with Gasteiger partial charge in [-0.1, -0.05) is 29.5 Å². The van der Waals surface area contributed by atoms with E-state index in [0.717, 1.165) is 29.4 Å². The molecule has 3 rings (SSSR count). The molecule has 0 amide bonds. The number of aromatic amines is 1. The first-order chi connectivity index (χ1) is 15.4. The number of ether oxygens (including phenoxy) is 1. The zero-order chi connectivity index (χ0) is 24.2. The number of H-pyrrole nitrogens is 1. The molecule has 0 unspecified atom stereocenters. The van der Waals surface area contributed by atoms with Gasteiger partial charge >= 0.3 is 25.1 Å². The molecule has 13 heteroatoms. The van der Waals surface area contributed by atoms with Gasteiger partial charge in [0.1, 0.15) is 17.2 Å². The van der Waals surface area contributed by atoms with E-state index in [4.69, 9.17) is 13.1 Å². The smallest absolute Gasteiger partial charge is 0.307 e. The third-order valence-corrected chi connectivity index (χ3v) is 6.01. The van der Waals surface area contributed by atoms with Crippen LogP contribution in [0.15, 0.2) is 47.3 Å². The summed E-state index contributed by atoms with van der Waals surface area (Å²) in [5.74, 6) is 0.302. The number of thiazole rings is 1. The lowest BCUT2D eigenvalue weighted by Gasteiger charge is -2.12. The van der Waals surface area contributed by atoms with Crippen LogP contribution < -0.4 is 18.0 Å². The van der Waals surface area contributed by atoms with Crippen molar-refractivity contribution in [3.05, 3.63) is 68.1 Å². The highest BCUT2D eigenvalue weighted by Crippen LogP contribution is 2.28. The summed E-state index contributed by atoms with van der Waals surface area (Å²) < 4.78 is 61.3. The summed E-state index contributed by atoms with van der Waals surface area (Å²) in [7, 11) is -7.64. The van der Waals surface area contributed by atoms with Gasteiger partial charge in [-0.3, -0.25) is 9.78 Å².